The highest BCUT2D eigenvalue weighted by Gasteiger charge is 2.25. The molecule has 0 aliphatic carbocycles. The fourth-order valence-corrected chi connectivity index (χ4v) is 2.98. The Bertz CT molecular complexity index is 505. The summed E-state index contributed by atoms with van der Waals surface area (Å²) in [6.07, 6.45) is 5.04. The van der Waals surface area contributed by atoms with Crippen LogP contribution < -0.4 is 5.32 Å². The monoisotopic (exact) mass is 321 g/mol. The summed E-state index contributed by atoms with van der Waals surface area (Å²) >= 11 is 0. The molecule has 1 aliphatic heterocycles. The molecule has 1 aromatic rings. The molecule has 2 rings (SSSR count). The highest BCUT2D eigenvalue weighted by molar-refractivity contribution is 5.68. The molecule has 1 aromatic heterocycles. The SMILES string of the molecule is CCn1cccc1CNC1CCCN(C(=O)OC(C)(C)C)CC1. The van der Waals surface area contributed by atoms with Crippen LogP contribution in [0.3, 0.4) is 0 Å². The van der Waals surface area contributed by atoms with Crippen LogP contribution in [0, 0.1) is 0 Å². The van der Waals surface area contributed by atoms with E-state index in [1.807, 2.05) is 25.7 Å². The smallest absolute Gasteiger partial charge is 0.410 e. The fraction of sp³-hybridized carbons (Fsp3) is 0.722. The van der Waals surface area contributed by atoms with E-state index in [-0.39, 0.29) is 6.09 Å². The first-order chi connectivity index (χ1) is 10.9. The van der Waals surface area contributed by atoms with E-state index in [1.165, 1.54) is 5.69 Å². The third-order valence-electron chi connectivity index (χ3n) is 4.22. The Labute approximate surface area is 140 Å². The summed E-state index contributed by atoms with van der Waals surface area (Å²) in [6.45, 7) is 11.3. The maximum absolute atomic E-state index is 12.2. The standard InChI is InChI=1S/C18H31N3O2/c1-5-20-11-7-9-16(20)14-19-15-8-6-12-21(13-10-15)17(22)23-18(2,3)4/h7,9,11,15,19H,5-6,8,10,12-14H2,1-4H3. The molecule has 0 bridgehead atoms. The number of ether oxygens (including phenoxy) is 1. The van der Waals surface area contributed by atoms with Gasteiger partial charge in [0.1, 0.15) is 5.60 Å². The lowest BCUT2D eigenvalue weighted by Crippen LogP contribution is -2.38. The summed E-state index contributed by atoms with van der Waals surface area (Å²) in [5.41, 5.74) is 0.896. The number of likely N-dealkylation sites (tertiary alicyclic amines) is 1. The minimum absolute atomic E-state index is 0.182. The Kier molecular flexibility index (Phi) is 6.10. The van der Waals surface area contributed by atoms with Gasteiger partial charge in [-0.05, 0) is 59.1 Å². The van der Waals surface area contributed by atoms with Crippen LogP contribution >= 0.6 is 0 Å². The van der Waals surface area contributed by atoms with E-state index in [0.717, 1.165) is 45.4 Å². The van der Waals surface area contributed by atoms with Crippen LogP contribution in [0.15, 0.2) is 18.3 Å². The normalized spacial score (nSPS) is 19.5. The zero-order chi connectivity index (χ0) is 16.9. The maximum Gasteiger partial charge on any atom is 0.410 e. The summed E-state index contributed by atoms with van der Waals surface area (Å²) in [5.74, 6) is 0. The van der Waals surface area contributed by atoms with Crippen molar-refractivity contribution in [2.45, 2.75) is 71.7 Å². The number of aryl methyl sites for hydroxylation is 1. The number of carbonyl (C=O) groups is 1. The lowest BCUT2D eigenvalue weighted by Gasteiger charge is -2.26. The Morgan fingerprint density at radius 2 is 2.13 bits per heavy atom. The van der Waals surface area contributed by atoms with Gasteiger partial charge in [0.15, 0.2) is 0 Å². The lowest BCUT2D eigenvalue weighted by atomic mass is 10.1. The molecule has 5 heteroatoms. The molecular weight excluding hydrogens is 290 g/mol. The highest BCUT2D eigenvalue weighted by atomic mass is 16.6. The van der Waals surface area contributed by atoms with Crippen molar-refractivity contribution in [3.8, 4) is 0 Å². The largest absolute Gasteiger partial charge is 0.444 e. The van der Waals surface area contributed by atoms with Crippen molar-refractivity contribution < 1.29 is 9.53 Å². The second kappa shape index (κ2) is 7.86. The lowest BCUT2D eigenvalue weighted by molar-refractivity contribution is 0.0256. The molecule has 0 spiro atoms. The third kappa shape index (κ3) is 5.57. The van der Waals surface area contributed by atoms with Gasteiger partial charge in [-0.15, -0.1) is 0 Å². The number of aromatic nitrogens is 1. The van der Waals surface area contributed by atoms with Crippen LogP contribution in [0.2, 0.25) is 0 Å². The maximum atomic E-state index is 12.2. The first-order valence-electron chi connectivity index (χ1n) is 8.74. The van der Waals surface area contributed by atoms with Gasteiger partial charge < -0.3 is 19.5 Å². The molecule has 0 aromatic carbocycles. The van der Waals surface area contributed by atoms with E-state index in [9.17, 15) is 4.79 Å². The van der Waals surface area contributed by atoms with Crippen molar-refractivity contribution in [3.63, 3.8) is 0 Å². The average molecular weight is 321 g/mol. The van der Waals surface area contributed by atoms with E-state index in [0.29, 0.717) is 6.04 Å². The van der Waals surface area contributed by atoms with Crippen LogP contribution in [0.4, 0.5) is 4.79 Å². The van der Waals surface area contributed by atoms with E-state index in [2.05, 4.69) is 35.1 Å². The van der Waals surface area contributed by atoms with Gasteiger partial charge >= 0.3 is 6.09 Å². The number of carbonyl (C=O) groups excluding carboxylic acids is 1. The van der Waals surface area contributed by atoms with Gasteiger partial charge in [0.05, 0.1) is 0 Å². The molecule has 1 atom stereocenters. The summed E-state index contributed by atoms with van der Waals surface area (Å²) in [5, 5.41) is 3.65. The first-order valence-corrected chi connectivity index (χ1v) is 8.74. The van der Waals surface area contributed by atoms with Gasteiger partial charge in [0.25, 0.3) is 0 Å². The van der Waals surface area contributed by atoms with E-state index < -0.39 is 5.60 Å². The molecule has 0 saturated carbocycles. The van der Waals surface area contributed by atoms with Gasteiger partial charge in [-0.1, -0.05) is 0 Å². The fourth-order valence-electron chi connectivity index (χ4n) is 2.98. The molecule has 23 heavy (non-hydrogen) atoms. The van der Waals surface area contributed by atoms with Gasteiger partial charge in [-0.3, -0.25) is 0 Å². The van der Waals surface area contributed by atoms with Crippen molar-refractivity contribution in [1.82, 2.24) is 14.8 Å². The molecular formula is C18H31N3O2. The molecule has 5 nitrogen and oxygen atoms in total. The predicted molar refractivity (Wildman–Crippen MR) is 92.4 cm³/mol. The Morgan fingerprint density at radius 1 is 1.35 bits per heavy atom. The van der Waals surface area contributed by atoms with E-state index >= 15 is 0 Å². The summed E-state index contributed by atoms with van der Waals surface area (Å²) in [6, 6.07) is 4.72. The molecule has 1 fully saturated rings. The van der Waals surface area contributed by atoms with Crippen molar-refractivity contribution in [2.75, 3.05) is 13.1 Å². The highest BCUT2D eigenvalue weighted by Crippen LogP contribution is 2.16. The number of nitrogens with zero attached hydrogens (tertiary/aromatic N) is 2. The Morgan fingerprint density at radius 3 is 2.83 bits per heavy atom. The van der Waals surface area contributed by atoms with Crippen LogP contribution in [0.5, 0.6) is 0 Å². The van der Waals surface area contributed by atoms with Crippen LogP contribution in [-0.4, -0.2) is 40.3 Å². The van der Waals surface area contributed by atoms with Gasteiger partial charge in [0, 0.05) is 44.1 Å². The second-order valence-electron chi connectivity index (χ2n) is 7.26. The molecule has 1 aliphatic rings. The molecule has 1 N–H and O–H groups in total. The second-order valence-corrected chi connectivity index (χ2v) is 7.26. The average Bonchev–Trinajstić information content (AvgIpc) is 2.79. The zero-order valence-corrected chi connectivity index (χ0v) is 15.0. The van der Waals surface area contributed by atoms with Crippen LogP contribution in [0.25, 0.3) is 0 Å². The molecule has 1 unspecified atom stereocenters. The van der Waals surface area contributed by atoms with E-state index in [4.69, 9.17) is 4.74 Å². The van der Waals surface area contributed by atoms with Gasteiger partial charge in [-0.2, -0.15) is 0 Å². The Hall–Kier alpha value is -1.49. The van der Waals surface area contributed by atoms with Crippen molar-refractivity contribution in [2.24, 2.45) is 0 Å². The van der Waals surface area contributed by atoms with Crippen molar-refractivity contribution in [3.05, 3.63) is 24.0 Å². The topological polar surface area (TPSA) is 46.5 Å². The summed E-state index contributed by atoms with van der Waals surface area (Å²) in [4.78, 5) is 14.0. The zero-order valence-electron chi connectivity index (χ0n) is 15.0. The van der Waals surface area contributed by atoms with Crippen LogP contribution in [0.1, 0.15) is 52.7 Å². The molecule has 2 heterocycles. The minimum Gasteiger partial charge on any atom is -0.444 e. The predicted octanol–water partition coefficient (Wildman–Crippen LogP) is 3.39. The molecule has 1 amide bonds. The summed E-state index contributed by atoms with van der Waals surface area (Å²) in [7, 11) is 0. The van der Waals surface area contributed by atoms with Gasteiger partial charge in [-0.25, -0.2) is 4.79 Å². The molecule has 0 radical (unpaired) electrons. The first kappa shape index (κ1) is 17.9. The van der Waals surface area contributed by atoms with E-state index in [1.54, 1.807) is 0 Å². The van der Waals surface area contributed by atoms with Gasteiger partial charge in [0.2, 0.25) is 0 Å². The minimum atomic E-state index is -0.424. The number of nitrogens with one attached hydrogen (secondary N) is 1. The van der Waals surface area contributed by atoms with Crippen LogP contribution in [-0.2, 0) is 17.8 Å². The number of hydrogen-bond acceptors (Lipinski definition) is 3. The quantitative estimate of drug-likeness (QED) is 0.924. The van der Waals surface area contributed by atoms with Crippen molar-refractivity contribution >= 4 is 6.09 Å². The summed E-state index contributed by atoms with van der Waals surface area (Å²) < 4.78 is 7.74. The molecule has 1 saturated heterocycles. The number of hydrogen-bond donors (Lipinski definition) is 1. The number of amides is 1. The Balaban J connectivity index is 1.81. The van der Waals surface area contributed by atoms with Crippen molar-refractivity contribution in [1.29, 1.82) is 0 Å². The third-order valence-corrected chi connectivity index (χ3v) is 4.22. The number of rotatable bonds is 4. The molecule has 130 valence electrons.